The lowest BCUT2D eigenvalue weighted by atomic mass is 9.79. The molecule has 126 valence electrons. The summed E-state index contributed by atoms with van der Waals surface area (Å²) in [5, 5.41) is 0. The largest absolute Gasteiger partial charge is 0.0622 e. The molecule has 1 atom stereocenters. The molecule has 0 aromatic heterocycles. The second-order valence-corrected chi connectivity index (χ2v) is 6.64. The summed E-state index contributed by atoms with van der Waals surface area (Å²) in [5.41, 5.74) is 6.68. The number of rotatable bonds is 4. The maximum Gasteiger partial charge on any atom is 0.0136 e. The monoisotopic (exact) mass is 334 g/mol. The molecule has 26 heavy (non-hydrogen) atoms. The molecule has 0 spiro atoms. The summed E-state index contributed by atoms with van der Waals surface area (Å²) in [6.07, 6.45) is 10.0. The van der Waals surface area contributed by atoms with Gasteiger partial charge >= 0.3 is 0 Å². The molecule has 0 heteroatoms. The lowest BCUT2D eigenvalue weighted by molar-refractivity contribution is 0.848. The van der Waals surface area contributed by atoms with E-state index in [1.54, 1.807) is 0 Å². The minimum atomic E-state index is 0.388. The van der Waals surface area contributed by atoms with Gasteiger partial charge in [-0.05, 0) is 34.3 Å². The highest BCUT2D eigenvalue weighted by molar-refractivity contribution is 5.75. The number of benzene rings is 3. The predicted molar refractivity (Wildman–Crippen MR) is 112 cm³/mol. The van der Waals surface area contributed by atoms with Gasteiger partial charge in [0.15, 0.2) is 0 Å². The van der Waals surface area contributed by atoms with Gasteiger partial charge in [-0.15, -0.1) is 0 Å². The quantitative estimate of drug-likeness (QED) is 0.487. The Kier molecular flexibility index (Phi) is 4.93. The minimum Gasteiger partial charge on any atom is -0.0622 e. The van der Waals surface area contributed by atoms with Crippen LogP contribution in [0, 0.1) is 0 Å². The van der Waals surface area contributed by atoms with E-state index in [0.717, 1.165) is 6.42 Å². The van der Waals surface area contributed by atoms with E-state index < -0.39 is 0 Å². The fourth-order valence-corrected chi connectivity index (χ4v) is 3.53. The van der Waals surface area contributed by atoms with Gasteiger partial charge in [0.2, 0.25) is 0 Å². The van der Waals surface area contributed by atoms with Crippen LogP contribution in [-0.2, 0) is 0 Å². The Morgan fingerprint density at radius 3 is 1.92 bits per heavy atom. The highest BCUT2D eigenvalue weighted by Gasteiger charge is 2.21. The summed E-state index contributed by atoms with van der Waals surface area (Å²) >= 11 is 0. The Bertz CT molecular complexity index is 929. The summed E-state index contributed by atoms with van der Waals surface area (Å²) in [6, 6.07) is 32.1. The van der Waals surface area contributed by atoms with Crippen LogP contribution in [0.25, 0.3) is 11.6 Å². The van der Waals surface area contributed by atoms with E-state index in [9.17, 15) is 0 Å². The molecule has 0 fully saturated rings. The molecular formula is C26H22. The molecule has 0 saturated heterocycles. The fourth-order valence-electron chi connectivity index (χ4n) is 3.53. The van der Waals surface area contributed by atoms with Gasteiger partial charge in [-0.25, -0.2) is 0 Å². The zero-order valence-electron chi connectivity index (χ0n) is 14.8. The summed E-state index contributed by atoms with van der Waals surface area (Å²) in [6.45, 7) is 0. The molecule has 0 aliphatic heterocycles. The van der Waals surface area contributed by atoms with E-state index in [0.29, 0.717) is 5.92 Å². The van der Waals surface area contributed by atoms with E-state index in [1.165, 1.54) is 27.8 Å². The van der Waals surface area contributed by atoms with Gasteiger partial charge < -0.3 is 0 Å². The molecule has 0 heterocycles. The van der Waals surface area contributed by atoms with E-state index in [-0.39, 0.29) is 0 Å². The molecule has 0 nitrogen and oxygen atoms in total. The molecule has 0 saturated carbocycles. The summed E-state index contributed by atoms with van der Waals surface area (Å²) in [4.78, 5) is 0. The lowest BCUT2D eigenvalue weighted by Crippen LogP contribution is -2.06. The van der Waals surface area contributed by atoms with Gasteiger partial charge in [0.25, 0.3) is 0 Å². The van der Waals surface area contributed by atoms with Crippen molar-refractivity contribution in [2.45, 2.75) is 12.3 Å². The Labute approximate surface area is 155 Å². The molecule has 1 unspecified atom stereocenters. The first-order chi connectivity index (χ1) is 12.9. The molecular weight excluding hydrogens is 312 g/mol. The van der Waals surface area contributed by atoms with E-state index >= 15 is 0 Å². The van der Waals surface area contributed by atoms with E-state index in [1.807, 2.05) is 0 Å². The fraction of sp³-hybridized carbons (Fsp3) is 0.0769. The van der Waals surface area contributed by atoms with Crippen LogP contribution < -0.4 is 0 Å². The third kappa shape index (κ3) is 3.75. The zero-order valence-corrected chi connectivity index (χ0v) is 14.8. The van der Waals surface area contributed by atoms with Crippen molar-refractivity contribution >= 4 is 11.6 Å². The van der Waals surface area contributed by atoms with Crippen molar-refractivity contribution in [1.82, 2.24) is 0 Å². The average molecular weight is 334 g/mol. The summed E-state index contributed by atoms with van der Waals surface area (Å²) in [7, 11) is 0. The highest BCUT2D eigenvalue weighted by Crippen LogP contribution is 2.40. The van der Waals surface area contributed by atoms with Crippen LogP contribution in [0.15, 0.2) is 115 Å². The first-order valence-corrected chi connectivity index (χ1v) is 9.14. The van der Waals surface area contributed by atoms with Crippen LogP contribution in [0.1, 0.15) is 29.0 Å². The zero-order chi connectivity index (χ0) is 17.6. The third-order valence-electron chi connectivity index (χ3n) is 4.89. The lowest BCUT2D eigenvalue weighted by Gasteiger charge is -2.25. The van der Waals surface area contributed by atoms with E-state index in [2.05, 4.69) is 115 Å². The van der Waals surface area contributed by atoms with Gasteiger partial charge in [0.1, 0.15) is 0 Å². The van der Waals surface area contributed by atoms with Crippen LogP contribution >= 0.6 is 0 Å². The van der Waals surface area contributed by atoms with Gasteiger partial charge in [0.05, 0.1) is 0 Å². The van der Waals surface area contributed by atoms with Crippen molar-refractivity contribution in [1.29, 1.82) is 0 Å². The van der Waals surface area contributed by atoms with Crippen molar-refractivity contribution < 1.29 is 0 Å². The van der Waals surface area contributed by atoms with Crippen molar-refractivity contribution in [2.24, 2.45) is 0 Å². The first kappa shape index (κ1) is 16.4. The predicted octanol–water partition coefficient (Wildman–Crippen LogP) is 6.90. The van der Waals surface area contributed by atoms with Crippen LogP contribution in [0.5, 0.6) is 0 Å². The molecule has 1 aliphatic carbocycles. The van der Waals surface area contributed by atoms with Gasteiger partial charge in [-0.2, -0.15) is 0 Å². The second kappa shape index (κ2) is 7.84. The smallest absolute Gasteiger partial charge is 0.0136 e. The number of allylic oxidation sites excluding steroid dienone is 5. The third-order valence-corrected chi connectivity index (χ3v) is 4.89. The molecule has 0 N–H and O–H groups in total. The normalized spacial score (nSPS) is 17.0. The second-order valence-electron chi connectivity index (χ2n) is 6.64. The molecule has 3 aromatic rings. The summed E-state index contributed by atoms with van der Waals surface area (Å²) in [5.74, 6) is 0.388. The topological polar surface area (TPSA) is 0 Å². The van der Waals surface area contributed by atoms with Crippen LogP contribution in [0.2, 0.25) is 0 Å². The average Bonchev–Trinajstić information content (AvgIpc) is 2.74. The molecule has 3 aromatic carbocycles. The molecule has 0 amide bonds. The van der Waals surface area contributed by atoms with Crippen molar-refractivity contribution in [3.05, 3.63) is 131 Å². The van der Waals surface area contributed by atoms with Crippen LogP contribution in [-0.4, -0.2) is 0 Å². The van der Waals surface area contributed by atoms with Crippen molar-refractivity contribution in [2.75, 3.05) is 0 Å². The van der Waals surface area contributed by atoms with Gasteiger partial charge in [-0.1, -0.05) is 115 Å². The van der Waals surface area contributed by atoms with Gasteiger partial charge in [-0.3, -0.25) is 0 Å². The van der Waals surface area contributed by atoms with Gasteiger partial charge in [0, 0.05) is 5.92 Å². The highest BCUT2D eigenvalue weighted by atomic mass is 14.2. The Morgan fingerprint density at radius 1 is 0.615 bits per heavy atom. The molecule has 0 radical (unpaired) electrons. The SMILES string of the molecule is C(=Cc1ccccc1)C1=CC=C(c2ccccc2)C(c2ccccc2)C1. The number of hydrogen-bond donors (Lipinski definition) is 0. The number of hydrogen-bond acceptors (Lipinski definition) is 0. The Hall–Kier alpha value is -3.12. The van der Waals surface area contributed by atoms with E-state index in [4.69, 9.17) is 0 Å². The minimum absolute atomic E-state index is 0.388. The Balaban J connectivity index is 1.68. The molecule has 1 aliphatic rings. The molecule has 0 bridgehead atoms. The van der Waals surface area contributed by atoms with Crippen LogP contribution in [0.4, 0.5) is 0 Å². The van der Waals surface area contributed by atoms with Crippen molar-refractivity contribution in [3.8, 4) is 0 Å². The first-order valence-electron chi connectivity index (χ1n) is 9.14. The van der Waals surface area contributed by atoms with Crippen LogP contribution in [0.3, 0.4) is 0 Å². The maximum atomic E-state index is 2.29. The molecule has 4 rings (SSSR count). The van der Waals surface area contributed by atoms with Crippen molar-refractivity contribution in [3.63, 3.8) is 0 Å². The standard InChI is InChI=1S/C26H22/c1-4-10-21(11-5-1)16-17-22-18-19-25(23-12-6-2-7-13-23)26(20-22)24-14-8-3-9-15-24/h1-19,26H,20H2. The summed E-state index contributed by atoms with van der Waals surface area (Å²) < 4.78 is 0. The maximum absolute atomic E-state index is 2.29. The Morgan fingerprint density at radius 2 is 1.23 bits per heavy atom.